The summed E-state index contributed by atoms with van der Waals surface area (Å²) in [5.74, 6) is -1.84. The number of carboxylic acid groups (broad SMARTS) is 1. The van der Waals surface area contributed by atoms with Gasteiger partial charge in [-0.2, -0.15) is 0 Å². The van der Waals surface area contributed by atoms with Crippen molar-refractivity contribution in [3.8, 4) is 11.5 Å². The second kappa shape index (κ2) is 9.65. The number of carboxylic acids is 1. The second-order valence-corrected chi connectivity index (χ2v) is 6.80. The maximum Gasteiger partial charge on any atom is 0.344 e. The average Bonchev–Trinajstić information content (AvgIpc) is 3.02. The van der Waals surface area contributed by atoms with Crippen molar-refractivity contribution >= 4 is 35.6 Å². The lowest BCUT2D eigenvalue weighted by Crippen LogP contribution is -2.38. The number of amides is 4. The topological polar surface area (TPSA) is 134 Å². The molecular formula is C22H21N3O7. The van der Waals surface area contributed by atoms with E-state index in [1.807, 2.05) is 0 Å². The van der Waals surface area contributed by atoms with E-state index < -0.39 is 36.5 Å². The number of nitrogens with zero attached hydrogens (tertiary/aromatic N) is 1. The molecule has 10 heteroatoms. The van der Waals surface area contributed by atoms with Crippen LogP contribution in [0.2, 0.25) is 0 Å². The number of carbonyl (C=O) groups excluding carboxylic acids is 3. The fourth-order valence-electron chi connectivity index (χ4n) is 2.86. The van der Waals surface area contributed by atoms with Gasteiger partial charge in [-0.25, -0.2) is 14.5 Å². The zero-order valence-electron chi connectivity index (χ0n) is 17.3. The van der Waals surface area contributed by atoms with Gasteiger partial charge in [-0.05, 0) is 42.8 Å². The molecule has 1 atom stereocenters. The number of anilines is 1. The molecule has 1 aliphatic rings. The van der Waals surface area contributed by atoms with Gasteiger partial charge in [0, 0.05) is 5.69 Å². The van der Waals surface area contributed by atoms with Crippen LogP contribution >= 0.6 is 0 Å². The number of nitrogens with one attached hydrogen (secondary N) is 2. The molecule has 1 heterocycles. The molecule has 32 heavy (non-hydrogen) atoms. The fourth-order valence-corrected chi connectivity index (χ4v) is 2.86. The van der Waals surface area contributed by atoms with E-state index in [2.05, 4.69) is 10.6 Å². The minimum Gasteiger partial charge on any atom is -0.493 e. The van der Waals surface area contributed by atoms with Gasteiger partial charge in [-0.3, -0.25) is 9.59 Å². The van der Waals surface area contributed by atoms with Gasteiger partial charge < -0.3 is 25.2 Å². The molecule has 1 saturated heterocycles. The molecule has 2 aromatic rings. The van der Waals surface area contributed by atoms with Crippen molar-refractivity contribution in [2.24, 2.45) is 0 Å². The first kappa shape index (κ1) is 22.3. The number of benzene rings is 2. The molecule has 0 aliphatic carbocycles. The first-order chi connectivity index (χ1) is 15.3. The van der Waals surface area contributed by atoms with E-state index >= 15 is 0 Å². The van der Waals surface area contributed by atoms with E-state index in [0.717, 1.165) is 4.90 Å². The third kappa shape index (κ3) is 5.22. The zero-order valence-corrected chi connectivity index (χ0v) is 17.3. The smallest absolute Gasteiger partial charge is 0.344 e. The number of hydrogen-bond acceptors (Lipinski definition) is 6. The highest BCUT2D eigenvalue weighted by molar-refractivity contribution is 6.15. The van der Waals surface area contributed by atoms with Crippen molar-refractivity contribution in [3.63, 3.8) is 0 Å². The Balaban J connectivity index is 1.72. The number of ether oxygens (including phenoxy) is 2. The Morgan fingerprint density at radius 3 is 2.53 bits per heavy atom. The summed E-state index contributed by atoms with van der Waals surface area (Å²) in [6, 6.07) is 12.5. The number of urea groups is 1. The van der Waals surface area contributed by atoms with Crippen LogP contribution in [0.5, 0.6) is 11.5 Å². The largest absolute Gasteiger partial charge is 0.493 e. The fraction of sp³-hybridized carbons (Fsp3) is 0.182. The van der Waals surface area contributed by atoms with E-state index in [-0.39, 0.29) is 17.2 Å². The first-order valence-electron chi connectivity index (χ1n) is 9.55. The second-order valence-electron chi connectivity index (χ2n) is 6.80. The Hall–Kier alpha value is -4.34. The molecule has 2 aromatic carbocycles. The average molecular weight is 439 g/mol. The van der Waals surface area contributed by atoms with Gasteiger partial charge in [0.2, 0.25) is 5.91 Å². The molecule has 0 unspecified atom stereocenters. The van der Waals surface area contributed by atoms with Crippen LogP contribution in [0.3, 0.4) is 0 Å². The van der Waals surface area contributed by atoms with Crippen molar-refractivity contribution in [2.45, 2.75) is 13.0 Å². The van der Waals surface area contributed by atoms with Gasteiger partial charge in [0.05, 0.1) is 7.11 Å². The van der Waals surface area contributed by atoms with E-state index in [9.17, 15) is 19.2 Å². The Kier molecular flexibility index (Phi) is 6.74. The van der Waals surface area contributed by atoms with Gasteiger partial charge in [-0.1, -0.05) is 24.3 Å². The highest BCUT2D eigenvalue weighted by atomic mass is 16.5. The quantitative estimate of drug-likeness (QED) is 0.423. The zero-order chi connectivity index (χ0) is 23.3. The standard InChI is InChI=1S/C22H21N3O7/c1-13(21(28)29)32-17-9-8-14(11-18(17)31-2)10-16-20(27)25(22(30)24-16)12-19(26)23-15-6-4-3-5-7-15/h3-11,13H,12H2,1-2H3,(H,23,26)(H,24,30)(H,28,29)/b16-10-/t13-/m0/s1. The summed E-state index contributed by atoms with van der Waals surface area (Å²) in [7, 11) is 1.39. The van der Waals surface area contributed by atoms with E-state index in [4.69, 9.17) is 14.6 Å². The van der Waals surface area contributed by atoms with Crippen LogP contribution in [0, 0.1) is 0 Å². The van der Waals surface area contributed by atoms with Crippen LogP contribution in [0.1, 0.15) is 12.5 Å². The minimum absolute atomic E-state index is 0.0165. The monoisotopic (exact) mass is 439 g/mol. The SMILES string of the molecule is COc1cc(/C=C2\NC(=O)N(CC(=O)Nc3ccccc3)C2=O)ccc1O[C@@H](C)C(=O)O. The molecule has 0 bridgehead atoms. The highest BCUT2D eigenvalue weighted by Crippen LogP contribution is 2.30. The Morgan fingerprint density at radius 2 is 1.88 bits per heavy atom. The lowest BCUT2D eigenvalue weighted by Gasteiger charge is -2.14. The number of imide groups is 1. The maximum atomic E-state index is 12.6. The molecule has 166 valence electrons. The lowest BCUT2D eigenvalue weighted by molar-refractivity contribution is -0.144. The van der Waals surface area contributed by atoms with Crippen LogP contribution in [0.15, 0.2) is 54.2 Å². The van der Waals surface area contributed by atoms with Gasteiger partial charge >= 0.3 is 12.0 Å². The Morgan fingerprint density at radius 1 is 1.16 bits per heavy atom. The van der Waals surface area contributed by atoms with Crippen molar-refractivity contribution in [1.82, 2.24) is 10.2 Å². The highest BCUT2D eigenvalue weighted by Gasteiger charge is 2.35. The molecule has 0 aromatic heterocycles. The molecule has 10 nitrogen and oxygen atoms in total. The number of rotatable bonds is 8. The summed E-state index contributed by atoms with van der Waals surface area (Å²) in [5.41, 5.74) is 1.03. The molecule has 0 saturated carbocycles. The number of methoxy groups -OCH3 is 1. The Labute approximate surface area is 183 Å². The van der Waals surface area contributed by atoms with E-state index in [1.165, 1.54) is 32.2 Å². The predicted octanol–water partition coefficient (Wildman–Crippen LogP) is 2.08. The van der Waals surface area contributed by atoms with Crippen molar-refractivity contribution in [1.29, 1.82) is 0 Å². The number of para-hydroxylation sites is 1. The van der Waals surface area contributed by atoms with Crippen molar-refractivity contribution in [2.75, 3.05) is 19.0 Å². The van der Waals surface area contributed by atoms with Crippen molar-refractivity contribution < 1.29 is 33.8 Å². The summed E-state index contributed by atoms with van der Waals surface area (Å²) >= 11 is 0. The number of hydrogen-bond donors (Lipinski definition) is 3. The predicted molar refractivity (Wildman–Crippen MR) is 114 cm³/mol. The third-order valence-corrected chi connectivity index (χ3v) is 4.47. The summed E-state index contributed by atoms with van der Waals surface area (Å²) < 4.78 is 10.6. The van der Waals surface area contributed by atoms with Crippen LogP contribution in [-0.2, 0) is 14.4 Å². The molecular weight excluding hydrogens is 418 g/mol. The number of carbonyl (C=O) groups is 4. The summed E-state index contributed by atoms with van der Waals surface area (Å²) in [4.78, 5) is 48.8. The van der Waals surface area contributed by atoms with Crippen LogP contribution in [0.4, 0.5) is 10.5 Å². The summed E-state index contributed by atoms with van der Waals surface area (Å²) in [6.07, 6.45) is 0.335. The third-order valence-electron chi connectivity index (χ3n) is 4.47. The van der Waals surface area contributed by atoms with E-state index in [1.54, 1.807) is 36.4 Å². The molecule has 4 amide bonds. The van der Waals surface area contributed by atoms with Gasteiger partial charge in [0.25, 0.3) is 5.91 Å². The molecule has 0 radical (unpaired) electrons. The lowest BCUT2D eigenvalue weighted by atomic mass is 10.1. The maximum absolute atomic E-state index is 12.6. The van der Waals surface area contributed by atoms with Gasteiger partial charge in [-0.15, -0.1) is 0 Å². The molecule has 0 spiro atoms. The summed E-state index contributed by atoms with van der Waals surface area (Å²) in [6.45, 7) is 0.937. The van der Waals surface area contributed by atoms with Crippen LogP contribution < -0.4 is 20.1 Å². The van der Waals surface area contributed by atoms with Gasteiger partial charge in [0.1, 0.15) is 12.2 Å². The normalized spacial score (nSPS) is 15.3. The van der Waals surface area contributed by atoms with Crippen LogP contribution in [-0.4, -0.2) is 53.6 Å². The molecule has 3 rings (SSSR count). The molecule has 1 fully saturated rings. The van der Waals surface area contributed by atoms with Gasteiger partial charge in [0.15, 0.2) is 17.6 Å². The van der Waals surface area contributed by atoms with E-state index in [0.29, 0.717) is 11.3 Å². The van der Waals surface area contributed by atoms with Crippen molar-refractivity contribution in [3.05, 3.63) is 59.8 Å². The Bertz CT molecular complexity index is 1080. The molecule has 3 N–H and O–H groups in total. The minimum atomic E-state index is -1.13. The molecule has 1 aliphatic heterocycles. The van der Waals surface area contributed by atoms with Crippen LogP contribution in [0.25, 0.3) is 6.08 Å². The number of aliphatic carboxylic acids is 1. The first-order valence-corrected chi connectivity index (χ1v) is 9.55. The summed E-state index contributed by atoms with van der Waals surface area (Å²) in [5, 5.41) is 14.0.